The summed E-state index contributed by atoms with van der Waals surface area (Å²) in [6.45, 7) is 11.8. The van der Waals surface area contributed by atoms with E-state index < -0.39 is 15.9 Å². The van der Waals surface area contributed by atoms with Crippen molar-refractivity contribution < 1.29 is 27.2 Å². The summed E-state index contributed by atoms with van der Waals surface area (Å²) in [5.41, 5.74) is 0.648. The Morgan fingerprint density at radius 2 is 1.71 bits per heavy atom. The predicted molar refractivity (Wildman–Crippen MR) is 149 cm³/mol. The molecule has 0 spiro atoms. The van der Waals surface area contributed by atoms with E-state index in [1.807, 2.05) is 7.11 Å². The molecule has 0 radical (unpaired) electrons. The second kappa shape index (κ2) is 11.7. The van der Waals surface area contributed by atoms with Gasteiger partial charge in [-0.05, 0) is 118 Å². The highest BCUT2D eigenvalue weighted by Crippen LogP contribution is 2.68. The number of hydrogen-bond donors (Lipinski definition) is 2. The van der Waals surface area contributed by atoms with Crippen LogP contribution in [0.4, 0.5) is 0 Å². The quantitative estimate of drug-likeness (QED) is 0.346. The Kier molecular flexibility index (Phi) is 9.28. The molecule has 0 aromatic rings. The lowest BCUT2D eigenvalue weighted by atomic mass is 9.43. The van der Waals surface area contributed by atoms with Gasteiger partial charge in [-0.3, -0.25) is 9.35 Å². The molecule has 4 saturated carbocycles. The van der Waals surface area contributed by atoms with Crippen LogP contribution in [0, 0.1) is 46.3 Å². The molecule has 0 heterocycles. The minimum Gasteiger partial charge on any atom is -0.381 e. The summed E-state index contributed by atoms with van der Waals surface area (Å²) >= 11 is 0. The summed E-state index contributed by atoms with van der Waals surface area (Å²) in [7, 11) is -2.18. The predicted octanol–water partition coefficient (Wildman–Crippen LogP) is 5.48. The largest absolute Gasteiger partial charge is 0.381 e. The normalized spacial score (nSPS) is 41.7. The summed E-state index contributed by atoms with van der Waals surface area (Å²) in [6, 6.07) is 0. The Morgan fingerprint density at radius 1 is 1.03 bits per heavy atom. The highest BCUT2D eigenvalue weighted by Gasteiger charge is 2.63. The fourth-order valence-electron chi connectivity index (χ4n) is 9.81. The molecule has 0 aliphatic heterocycles. The van der Waals surface area contributed by atoms with Crippen LogP contribution >= 0.6 is 0 Å². The summed E-state index contributed by atoms with van der Waals surface area (Å²) < 4.78 is 43.3. The van der Waals surface area contributed by atoms with Gasteiger partial charge in [0.2, 0.25) is 5.91 Å². The number of carbonyl (C=O) groups is 1. The van der Waals surface area contributed by atoms with E-state index in [1.165, 1.54) is 44.9 Å². The zero-order chi connectivity index (χ0) is 27.9. The van der Waals surface area contributed by atoms with Gasteiger partial charge in [0.15, 0.2) is 0 Å². The fraction of sp³-hybridized carbons (Fsp3) is 0.967. The molecule has 0 bridgehead atoms. The van der Waals surface area contributed by atoms with Crippen LogP contribution in [0.3, 0.4) is 0 Å². The Morgan fingerprint density at radius 3 is 2.37 bits per heavy atom. The first kappa shape index (κ1) is 30.3. The fourth-order valence-corrected chi connectivity index (χ4v) is 10.2. The lowest BCUT2D eigenvalue weighted by Gasteiger charge is -2.63. The van der Waals surface area contributed by atoms with Gasteiger partial charge < -0.3 is 14.8 Å². The number of amides is 1. The second-order valence-corrected chi connectivity index (χ2v) is 15.5. The van der Waals surface area contributed by atoms with Crippen molar-refractivity contribution in [2.75, 3.05) is 19.4 Å². The van der Waals surface area contributed by atoms with Crippen molar-refractivity contribution in [1.29, 1.82) is 0 Å². The third-order valence-electron chi connectivity index (χ3n) is 11.7. The van der Waals surface area contributed by atoms with Crippen molar-refractivity contribution in [1.82, 2.24) is 5.32 Å². The van der Waals surface area contributed by atoms with Crippen molar-refractivity contribution in [3.63, 3.8) is 0 Å². The van der Waals surface area contributed by atoms with E-state index in [9.17, 15) is 13.2 Å². The Balaban J connectivity index is 1.45. The van der Waals surface area contributed by atoms with Crippen LogP contribution in [0.5, 0.6) is 0 Å². The average Bonchev–Trinajstić information content (AvgIpc) is 3.18. The maximum atomic E-state index is 12.3. The molecule has 38 heavy (non-hydrogen) atoms. The number of nitrogens with one attached hydrogen (secondary N) is 1. The number of hydrogen-bond acceptors (Lipinski definition) is 5. The second-order valence-electron chi connectivity index (χ2n) is 14.0. The standard InChI is InChI=1S/C30H53NO6S/c1-19(2)37-26-18-21-17-22(36-6)11-13-29(21,4)25-12-14-30(5)23(8-9-24(30)28(25)26)20(3)7-10-27(32)31-15-16-38(33,34)35/h19-26,28H,7-18H2,1-6H3,(H,31,32)(H,33,34,35). The van der Waals surface area contributed by atoms with E-state index >= 15 is 0 Å². The number of carbonyl (C=O) groups excluding carboxylic acids is 1. The minimum atomic E-state index is -4.06. The molecule has 8 heteroatoms. The SMILES string of the molecule is COC1CCC2(C)C(C1)CC(OC(C)C)C1C2CCC2(C)C(C(C)CCC(=O)NCCS(=O)(=O)O)CCC12. The summed E-state index contributed by atoms with van der Waals surface area (Å²) in [5.74, 6) is 3.11. The molecule has 1 amide bonds. The maximum Gasteiger partial charge on any atom is 0.266 e. The molecule has 7 nitrogen and oxygen atoms in total. The molecular weight excluding hydrogens is 502 g/mol. The van der Waals surface area contributed by atoms with Gasteiger partial charge in [-0.25, -0.2) is 0 Å². The van der Waals surface area contributed by atoms with E-state index in [1.54, 1.807) is 0 Å². The van der Waals surface area contributed by atoms with Crippen LogP contribution in [0.15, 0.2) is 0 Å². The molecule has 4 aliphatic carbocycles. The zero-order valence-electron chi connectivity index (χ0n) is 24.6. The van der Waals surface area contributed by atoms with Gasteiger partial charge in [-0.2, -0.15) is 8.42 Å². The molecule has 10 atom stereocenters. The molecule has 0 saturated heterocycles. The molecular formula is C30H53NO6S. The van der Waals surface area contributed by atoms with Gasteiger partial charge in [-0.15, -0.1) is 0 Å². The summed E-state index contributed by atoms with van der Waals surface area (Å²) in [6.07, 6.45) is 11.9. The highest BCUT2D eigenvalue weighted by atomic mass is 32.2. The highest BCUT2D eigenvalue weighted by molar-refractivity contribution is 7.85. The molecule has 2 N–H and O–H groups in total. The topological polar surface area (TPSA) is 102 Å². The van der Waals surface area contributed by atoms with Crippen LogP contribution in [0.25, 0.3) is 0 Å². The van der Waals surface area contributed by atoms with Gasteiger partial charge >= 0.3 is 0 Å². The monoisotopic (exact) mass is 555 g/mol. The smallest absolute Gasteiger partial charge is 0.266 e. The van der Waals surface area contributed by atoms with Crippen LogP contribution in [0.2, 0.25) is 0 Å². The van der Waals surface area contributed by atoms with E-state index in [-0.39, 0.29) is 24.0 Å². The number of methoxy groups -OCH3 is 1. The Labute approximate surface area is 231 Å². The third-order valence-corrected chi connectivity index (χ3v) is 12.4. The Bertz CT molecular complexity index is 939. The van der Waals surface area contributed by atoms with Gasteiger partial charge in [0.1, 0.15) is 0 Å². The zero-order valence-corrected chi connectivity index (χ0v) is 25.4. The van der Waals surface area contributed by atoms with Crippen LogP contribution in [-0.2, 0) is 24.4 Å². The van der Waals surface area contributed by atoms with Crippen molar-refractivity contribution >= 4 is 16.0 Å². The molecule has 0 aromatic carbocycles. The number of rotatable bonds is 10. The van der Waals surface area contributed by atoms with Crippen molar-refractivity contribution in [3.05, 3.63) is 0 Å². The molecule has 0 aromatic heterocycles. The molecule has 4 aliphatic rings. The van der Waals surface area contributed by atoms with Gasteiger partial charge in [0.25, 0.3) is 10.1 Å². The first-order valence-corrected chi connectivity index (χ1v) is 16.8. The van der Waals surface area contributed by atoms with E-state index in [4.69, 9.17) is 14.0 Å². The third kappa shape index (κ3) is 6.13. The van der Waals surface area contributed by atoms with E-state index in [0.717, 1.165) is 12.8 Å². The molecule has 4 fully saturated rings. The van der Waals surface area contributed by atoms with Gasteiger partial charge in [0, 0.05) is 20.1 Å². The van der Waals surface area contributed by atoms with E-state index in [0.29, 0.717) is 59.6 Å². The van der Waals surface area contributed by atoms with Crippen molar-refractivity contribution in [2.24, 2.45) is 46.3 Å². The first-order chi connectivity index (χ1) is 17.8. The average molecular weight is 556 g/mol. The summed E-state index contributed by atoms with van der Waals surface area (Å²) in [5, 5.41) is 2.65. The lowest BCUT2D eigenvalue weighted by Crippen LogP contribution is -2.59. The van der Waals surface area contributed by atoms with Crippen molar-refractivity contribution in [2.45, 2.75) is 117 Å². The first-order valence-electron chi connectivity index (χ1n) is 15.2. The minimum absolute atomic E-state index is 0.0412. The van der Waals surface area contributed by atoms with Crippen molar-refractivity contribution in [3.8, 4) is 0 Å². The van der Waals surface area contributed by atoms with E-state index in [2.05, 4.69) is 39.9 Å². The molecule has 4 rings (SSSR count). The Hall–Kier alpha value is -0.700. The molecule has 220 valence electrons. The van der Waals surface area contributed by atoms with Gasteiger partial charge in [0.05, 0.1) is 24.1 Å². The maximum absolute atomic E-state index is 12.3. The number of ether oxygens (including phenoxy) is 2. The van der Waals surface area contributed by atoms with Gasteiger partial charge in [-0.1, -0.05) is 20.8 Å². The summed E-state index contributed by atoms with van der Waals surface area (Å²) in [4.78, 5) is 12.3. The molecule has 10 unspecified atom stereocenters. The number of fused-ring (bicyclic) bond motifs is 5. The van der Waals surface area contributed by atoms with Crippen LogP contribution in [0.1, 0.15) is 98.8 Å². The lowest BCUT2D eigenvalue weighted by molar-refractivity contribution is -0.198. The van der Waals surface area contributed by atoms with Crippen LogP contribution in [-0.4, -0.2) is 56.6 Å². The van der Waals surface area contributed by atoms with Crippen LogP contribution < -0.4 is 5.32 Å².